The van der Waals surface area contributed by atoms with E-state index >= 15 is 0 Å². The molecule has 0 aliphatic carbocycles. The summed E-state index contributed by atoms with van der Waals surface area (Å²) in [5.74, 6) is -0.984. The van der Waals surface area contributed by atoms with Crippen LogP contribution in [0, 0.1) is 0 Å². The van der Waals surface area contributed by atoms with Crippen LogP contribution in [0.5, 0.6) is 0 Å². The third kappa shape index (κ3) is 12.0. The fraction of sp³-hybridized carbons (Fsp3) is 0.571. The first-order valence-electron chi connectivity index (χ1n) is 3.28. The van der Waals surface area contributed by atoms with Gasteiger partial charge in [-0.25, -0.2) is 4.79 Å². The number of ether oxygens (including phenoxy) is 1. The second kappa shape index (κ2) is 6.45. The largest absolute Gasteiger partial charge is 1.00 e. The number of alkyl halides is 3. The van der Waals surface area contributed by atoms with Crippen LogP contribution in [-0.4, -0.2) is 18.2 Å². The van der Waals surface area contributed by atoms with Gasteiger partial charge in [-0.05, 0) is 13.8 Å². The zero-order valence-corrected chi connectivity index (χ0v) is 9.68. The quantitative estimate of drug-likeness (QED) is 0.335. The molecule has 0 aliphatic rings. The second-order valence-corrected chi connectivity index (χ2v) is 2.36. The van der Waals surface area contributed by atoms with Gasteiger partial charge in [0, 0.05) is 12.2 Å². The molecule has 0 aromatic carbocycles. The Kier molecular flexibility index (Phi) is 7.68. The molecular weight excluding hydrogens is 196 g/mol. The van der Waals surface area contributed by atoms with Crippen molar-refractivity contribution < 1.29 is 53.7 Å². The van der Waals surface area contributed by atoms with E-state index in [9.17, 15) is 18.0 Å². The predicted molar refractivity (Wildman–Crippen MR) is 37.5 cm³/mol. The maximum Gasteiger partial charge on any atom is 1.00 e. The molecule has 0 N–H and O–H groups in total. The average Bonchev–Trinajstić information content (AvgIpc) is 1.80. The number of hydrogen-bond acceptors (Lipinski definition) is 2. The summed E-state index contributed by atoms with van der Waals surface area (Å²) < 4.78 is 38.8. The number of carbonyl (C=O) groups is 1. The van der Waals surface area contributed by atoms with Gasteiger partial charge in [-0.2, -0.15) is 13.2 Å². The van der Waals surface area contributed by atoms with Crippen LogP contribution in [0.3, 0.4) is 0 Å². The van der Waals surface area contributed by atoms with Gasteiger partial charge in [-0.3, -0.25) is 0 Å². The molecule has 2 nitrogen and oxygen atoms in total. The topological polar surface area (TPSA) is 26.3 Å². The summed E-state index contributed by atoms with van der Waals surface area (Å²) in [5.41, 5.74) is 0. The van der Waals surface area contributed by atoms with E-state index in [4.69, 9.17) is 0 Å². The van der Waals surface area contributed by atoms with E-state index in [1.165, 1.54) is 0 Å². The van der Waals surface area contributed by atoms with Crippen LogP contribution in [-0.2, 0) is 9.53 Å². The Balaban J connectivity index is -0.000000605. The Morgan fingerprint density at radius 1 is 1.46 bits per heavy atom. The van der Waals surface area contributed by atoms with Gasteiger partial charge in [0.05, 0.1) is 6.10 Å². The van der Waals surface area contributed by atoms with Crippen molar-refractivity contribution in [3.8, 4) is 0 Å². The molecule has 0 bridgehead atoms. The molecule has 0 fully saturated rings. The number of rotatable bonds is 2. The molecule has 0 unspecified atom stereocenters. The van der Waals surface area contributed by atoms with Crippen LogP contribution < -0.4 is 29.6 Å². The molecule has 0 aliphatic heterocycles. The molecule has 13 heavy (non-hydrogen) atoms. The minimum atomic E-state index is -4.46. The third-order valence-corrected chi connectivity index (χ3v) is 0.760. The van der Waals surface area contributed by atoms with Gasteiger partial charge in [0.2, 0.25) is 0 Å². The van der Waals surface area contributed by atoms with Crippen molar-refractivity contribution in [2.75, 3.05) is 0 Å². The summed E-state index contributed by atoms with van der Waals surface area (Å²) in [5, 5.41) is 0. The fourth-order valence-corrected chi connectivity index (χ4v) is 0.434. The van der Waals surface area contributed by atoms with Crippen LogP contribution in [0.2, 0.25) is 0 Å². The van der Waals surface area contributed by atoms with Crippen molar-refractivity contribution >= 4 is 5.97 Å². The van der Waals surface area contributed by atoms with Gasteiger partial charge < -0.3 is 6.16 Å². The monoisotopic (exact) mass is 206 g/mol. The molecule has 72 valence electrons. The Bertz CT molecular complexity index is 192. The van der Waals surface area contributed by atoms with E-state index in [-0.39, 0.29) is 37.1 Å². The van der Waals surface area contributed by atoms with Gasteiger partial charge >= 0.3 is 41.7 Å². The van der Waals surface area contributed by atoms with E-state index in [1.54, 1.807) is 13.8 Å². The molecule has 0 heterocycles. The number of carbonyl (C=O) groups excluding carboxylic acids is 1. The van der Waals surface area contributed by atoms with Crippen molar-refractivity contribution in [2.24, 2.45) is 0 Å². The van der Waals surface area contributed by atoms with Gasteiger partial charge in [0.25, 0.3) is 0 Å². The molecule has 0 aromatic rings. The molecule has 0 saturated carbocycles. The SMILES string of the molecule is CC(C)OC(=O)C=CC(F)(F)F.[H-].[Na+]. The van der Waals surface area contributed by atoms with Crippen molar-refractivity contribution in [3.05, 3.63) is 12.2 Å². The number of halogens is 3. The van der Waals surface area contributed by atoms with Crippen LogP contribution in [0.25, 0.3) is 0 Å². The van der Waals surface area contributed by atoms with E-state index in [2.05, 4.69) is 4.74 Å². The number of esters is 1. The van der Waals surface area contributed by atoms with Gasteiger partial charge in [-0.1, -0.05) is 0 Å². The maximum atomic E-state index is 11.5. The van der Waals surface area contributed by atoms with Crippen molar-refractivity contribution in [1.29, 1.82) is 0 Å². The zero-order chi connectivity index (χ0) is 9.78. The molecule has 0 rings (SSSR count). The summed E-state index contributed by atoms with van der Waals surface area (Å²) in [7, 11) is 0. The molecule has 0 radical (unpaired) electrons. The normalized spacial score (nSPS) is 11.5. The summed E-state index contributed by atoms with van der Waals surface area (Å²) in [6.45, 7) is 3.11. The predicted octanol–water partition coefficient (Wildman–Crippen LogP) is -0.827. The summed E-state index contributed by atoms with van der Waals surface area (Å²) in [4.78, 5) is 10.5. The standard InChI is InChI=1S/C7H9F3O2.Na.H/c1-5(2)12-6(11)3-4-7(8,9)10;;/h3-5H,1-2H3;;/q;+1;-1. The third-order valence-electron chi connectivity index (χ3n) is 0.760. The van der Waals surface area contributed by atoms with Gasteiger partial charge in [-0.15, -0.1) is 0 Å². The van der Waals surface area contributed by atoms with Crippen molar-refractivity contribution in [3.63, 3.8) is 0 Å². The van der Waals surface area contributed by atoms with Gasteiger partial charge in [0.15, 0.2) is 0 Å². The first kappa shape index (κ1) is 15.5. The molecule has 0 amide bonds. The minimum absolute atomic E-state index is 0. The second-order valence-electron chi connectivity index (χ2n) is 2.36. The molecule has 0 spiro atoms. The Labute approximate surface area is 97.9 Å². The summed E-state index contributed by atoms with van der Waals surface area (Å²) in [6, 6.07) is 0. The van der Waals surface area contributed by atoms with Crippen molar-refractivity contribution in [1.82, 2.24) is 0 Å². The molecule has 6 heteroatoms. The van der Waals surface area contributed by atoms with E-state index in [0.29, 0.717) is 6.08 Å². The van der Waals surface area contributed by atoms with E-state index in [0.717, 1.165) is 0 Å². The van der Waals surface area contributed by atoms with Crippen LogP contribution in [0.15, 0.2) is 12.2 Å². The zero-order valence-electron chi connectivity index (χ0n) is 8.68. The minimum Gasteiger partial charge on any atom is -1.00 e. The Morgan fingerprint density at radius 3 is 2.23 bits per heavy atom. The van der Waals surface area contributed by atoms with Gasteiger partial charge in [0.1, 0.15) is 0 Å². The fourth-order valence-electron chi connectivity index (χ4n) is 0.434. The number of allylic oxidation sites excluding steroid dienone is 1. The Morgan fingerprint density at radius 2 is 1.92 bits per heavy atom. The smallest absolute Gasteiger partial charge is 1.00 e. The summed E-state index contributed by atoms with van der Waals surface area (Å²) >= 11 is 0. The molecule has 0 aromatic heterocycles. The van der Waals surface area contributed by atoms with Crippen molar-refractivity contribution in [2.45, 2.75) is 26.1 Å². The van der Waals surface area contributed by atoms with Crippen LogP contribution in [0.1, 0.15) is 15.3 Å². The number of hydrogen-bond donors (Lipinski definition) is 0. The van der Waals surface area contributed by atoms with Crippen LogP contribution >= 0.6 is 0 Å². The maximum absolute atomic E-state index is 11.5. The summed E-state index contributed by atoms with van der Waals surface area (Å²) in [6.07, 6.45) is -4.66. The average molecular weight is 206 g/mol. The Hall–Kier alpha value is -0.000000000000000222. The molecule has 0 atom stereocenters. The van der Waals surface area contributed by atoms with E-state index < -0.39 is 18.2 Å². The first-order chi connectivity index (χ1) is 5.31. The van der Waals surface area contributed by atoms with Crippen LogP contribution in [0.4, 0.5) is 13.2 Å². The molecular formula is C7H10F3NaO2. The molecule has 0 saturated heterocycles. The first-order valence-corrected chi connectivity index (χ1v) is 3.28. The van der Waals surface area contributed by atoms with E-state index in [1.807, 2.05) is 0 Å².